The molecule has 1 heterocycles. The van der Waals surface area contributed by atoms with E-state index in [0.717, 1.165) is 16.7 Å². The largest absolute Gasteiger partial charge is 0.332 e. The third kappa shape index (κ3) is 2.02. The number of anilines is 2. The van der Waals surface area contributed by atoms with E-state index in [-0.39, 0.29) is 0 Å². The van der Waals surface area contributed by atoms with Gasteiger partial charge in [-0.1, -0.05) is 18.2 Å². The summed E-state index contributed by atoms with van der Waals surface area (Å²) < 4.78 is 0. The smallest absolute Gasteiger partial charge is 0.187 e. The fraction of sp³-hybridized carbons (Fsp3) is 0.250. The molecule has 1 saturated carbocycles. The van der Waals surface area contributed by atoms with Crippen LogP contribution in [-0.2, 0) is 0 Å². The first-order chi connectivity index (χ1) is 7.42. The van der Waals surface area contributed by atoms with Crippen molar-refractivity contribution < 1.29 is 0 Å². The van der Waals surface area contributed by atoms with E-state index >= 15 is 0 Å². The van der Waals surface area contributed by atoms with Crippen molar-refractivity contribution in [2.75, 3.05) is 5.32 Å². The minimum Gasteiger partial charge on any atom is -0.332 e. The van der Waals surface area contributed by atoms with Crippen LogP contribution >= 0.6 is 11.3 Å². The molecular formula is C12H12N2S. The molecule has 1 aromatic carbocycles. The van der Waals surface area contributed by atoms with E-state index in [2.05, 4.69) is 27.8 Å². The van der Waals surface area contributed by atoms with E-state index in [4.69, 9.17) is 0 Å². The topological polar surface area (TPSA) is 24.9 Å². The molecule has 0 amide bonds. The van der Waals surface area contributed by atoms with Crippen LogP contribution in [0.5, 0.6) is 0 Å². The zero-order valence-corrected chi connectivity index (χ0v) is 9.13. The van der Waals surface area contributed by atoms with Crippen LogP contribution in [-0.4, -0.2) is 4.98 Å². The molecule has 0 spiro atoms. The fourth-order valence-electron chi connectivity index (χ4n) is 1.56. The molecule has 3 rings (SSSR count). The number of nitrogens with zero attached hydrogens (tertiary/aromatic N) is 1. The Morgan fingerprint density at radius 1 is 1.20 bits per heavy atom. The van der Waals surface area contributed by atoms with E-state index in [0.29, 0.717) is 0 Å². The number of hydrogen-bond acceptors (Lipinski definition) is 3. The minimum absolute atomic E-state index is 0.743. The van der Waals surface area contributed by atoms with Gasteiger partial charge in [-0.25, -0.2) is 4.98 Å². The molecular weight excluding hydrogens is 204 g/mol. The van der Waals surface area contributed by atoms with Gasteiger partial charge in [0, 0.05) is 17.0 Å². The van der Waals surface area contributed by atoms with E-state index in [9.17, 15) is 0 Å². The van der Waals surface area contributed by atoms with Crippen LogP contribution in [0.15, 0.2) is 35.7 Å². The molecule has 2 aromatic rings. The number of rotatable bonds is 3. The lowest BCUT2D eigenvalue weighted by Gasteiger charge is -2.00. The summed E-state index contributed by atoms with van der Waals surface area (Å²) in [5, 5.41) is 6.49. The molecule has 0 radical (unpaired) electrons. The van der Waals surface area contributed by atoms with Gasteiger partial charge >= 0.3 is 0 Å². The molecule has 1 aliphatic carbocycles. The second kappa shape index (κ2) is 3.66. The van der Waals surface area contributed by atoms with Gasteiger partial charge in [-0.2, -0.15) is 0 Å². The maximum absolute atomic E-state index is 4.57. The summed E-state index contributed by atoms with van der Waals surface area (Å²) in [5.41, 5.74) is 2.37. The third-order valence-corrected chi connectivity index (χ3v) is 3.32. The van der Waals surface area contributed by atoms with Crippen LogP contribution < -0.4 is 5.32 Å². The van der Waals surface area contributed by atoms with Crippen molar-refractivity contribution in [1.29, 1.82) is 0 Å². The Kier molecular flexibility index (Phi) is 2.18. The number of para-hydroxylation sites is 1. The van der Waals surface area contributed by atoms with Gasteiger partial charge in [-0.05, 0) is 25.0 Å². The number of benzene rings is 1. The molecule has 1 aliphatic rings. The zero-order chi connectivity index (χ0) is 10.1. The van der Waals surface area contributed by atoms with Crippen LogP contribution in [0, 0.1) is 0 Å². The molecule has 2 nitrogen and oxygen atoms in total. The maximum atomic E-state index is 4.57. The standard InChI is InChI=1S/C12H12N2S/c1-2-4-10(5-3-1)13-12-14-11(8-15-12)9-6-7-9/h1-5,8-9H,6-7H2,(H,13,14). The molecule has 0 atom stereocenters. The molecule has 15 heavy (non-hydrogen) atoms. The molecule has 0 saturated heterocycles. The normalized spacial score (nSPS) is 15.2. The summed E-state index contributed by atoms with van der Waals surface area (Å²) >= 11 is 1.69. The third-order valence-electron chi connectivity index (χ3n) is 2.54. The number of hydrogen-bond donors (Lipinski definition) is 1. The Labute approximate surface area is 93.0 Å². The fourth-order valence-corrected chi connectivity index (χ4v) is 2.37. The van der Waals surface area contributed by atoms with Crippen molar-refractivity contribution in [3.8, 4) is 0 Å². The SMILES string of the molecule is c1ccc(Nc2nc(C3CC3)cs2)cc1. The molecule has 0 unspecified atom stereocenters. The van der Waals surface area contributed by atoms with Gasteiger partial charge in [0.15, 0.2) is 5.13 Å². The molecule has 0 aliphatic heterocycles. The zero-order valence-electron chi connectivity index (χ0n) is 8.31. The molecule has 3 heteroatoms. The highest BCUT2D eigenvalue weighted by Crippen LogP contribution is 2.41. The number of nitrogens with one attached hydrogen (secondary N) is 1. The first-order valence-corrected chi connectivity index (χ1v) is 6.07. The Balaban J connectivity index is 1.76. The van der Waals surface area contributed by atoms with Crippen molar-refractivity contribution in [3.63, 3.8) is 0 Å². The summed E-state index contributed by atoms with van der Waals surface area (Å²) in [6, 6.07) is 10.2. The maximum Gasteiger partial charge on any atom is 0.187 e. The van der Waals surface area contributed by atoms with Gasteiger partial charge in [-0.3, -0.25) is 0 Å². The van der Waals surface area contributed by atoms with Crippen LogP contribution in [0.2, 0.25) is 0 Å². The summed E-state index contributed by atoms with van der Waals surface area (Å²) in [4.78, 5) is 4.57. The van der Waals surface area contributed by atoms with Gasteiger partial charge in [0.1, 0.15) is 0 Å². The molecule has 76 valence electrons. The van der Waals surface area contributed by atoms with E-state index in [1.807, 2.05) is 18.2 Å². The van der Waals surface area contributed by atoms with Crippen LogP contribution in [0.4, 0.5) is 10.8 Å². The number of thiazole rings is 1. The van der Waals surface area contributed by atoms with E-state index in [1.54, 1.807) is 11.3 Å². The lowest BCUT2D eigenvalue weighted by atomic mass is 10.3. The van der Waals surface area contributed by atoms with E-state index in [1.165, 1.54) is 18.5 Å². The first-order valence-electron chi connectivity index (χ1n) is 5.19. The van der Waals surface area contributed by atoms with Crippen molar-refractivity contribution in [2.45, 2.75) is 18.8 Å². The second-order valence-electron chi connectivity index (χ2n) is 3.84. The summed E-state index contributed by atoms with van der Waals surface area (Å²) in [6.45, 7) is 0. The Hall–Kier alpha value is -1.35. The second-order valence-corrected chi connectivity index (χ2v) is 4.70. The molecule has 1 fully saturated rings. The lowest BCUT2D eigenvalue weighted by Crippen LogP contribution is -1.89. The summed E-state index contributed by atoms with van der Waals surface area (Å²) in [7, 11) is 0. The average Bonchev–Trinajstić information content (AvgIpc) is 3.02. The van der Waals surface area contributed by atoms with Crippen LogP contribution in [0.25, 0.3) is 0 Å². The van der Waals surface area contributed by atoms with Gasteiger partial charge in [0.2, 0.25) is 0 Å². The lowest BCUT2D eigenvalue weighted by molar-refractivity contribution is 1.05. The minimum atomic E-state index is 0.743. The van der Waals surface area contributed by atoms with Crippen molar-refractivity contribution in [2.24, 2.45) is 0 Å². The van der Waals surface area contributed by atoms with Gasteiger partial charge in [-0.15, -0.1) is 11.3 Å². The first kappa shape index (κ1) is 8.92. The summed E-state index contributed by atoms with van der Waals surface area (Å²) in [5.74, 6) is 0.743. The molecule has 1 N–H and O–H groups in total. The van der Waals surface area contributed by atoms with Crippen molar-refractivity contribution in [1.82, 2.24) is 4.98 Å². The van der Waals surface area contributed by atoms with Crippen LogP contribution in [0.3, 0.4) is 0 Å². The molecule has 0 bridgehead atoms. The monoisotopic (exact) mass is 216 g/mol. The Morgan fingerprint density at radius 2 is 2.00 bits per heavy atom. The predicted octanol–water partition coefficient (Wildman–Crippen LogP) is 3.76. The Bertz CT molecular complexity index is 446. The Morgan fingerprint density at radius 3 is 2.73 bits per heavy atom. The highest BCUT2D eigenvalue weighted by molar-refractivity contribution is 7.13. The van der Waals surface area contributed by atoms with Gasteiger partial charge in [0.05, 0.1) is 5.69 Å². The average molecular weight is 216 g/mol. The van der Waals surface area contributed by atoms with Crippen LogP contribution in [0.1, 0.15) is 24.5 Å². The summed E-state index contributed by atoms with van der Waals surface area (Å²) in [6.07, 6.45) is 2.63. The quantitative estimate of drug-likeness (QED) is 0.845. The van der Waals surface area contributed by atoms with Crippen molar-refractivity contribution in [3.05, 3.63) is 41.4 Å². The molecule has 1 aromatic heterocycles. The van der Waals surface area contributed by atoms with E-state index < -0.39 is 0 Å². The van der Waals surface area contributed by atoms with Crippen molar-refractivity contribution >= 4 is 22.2 Å². The highest BCUT2D eigenvalue weighted by atomic mass is 32.1. The highest BCUT2D eigenvalue weighted by Gasteiger charge is 2.25. The predicted molar refractivity (Wildman–Crippen MR) is 63.8 cm³/mol. The number of aromatic nitrogens is 1. The van der Waals surface area contributed by atoms with Gasteiger partial charge in [0.25, 0.3) is 0 Å². The van der Waals surface area contributed by atoms with Gasteiger partial charge < -0.3 is 5.32 Å².